The van der Waals surface area contributed by atoms with Gasteiger partial charge in [-0.25, -0.2) is 4.39 Å². The van der Waals surface area contributed by atoms with Crippen LogP contribution in [0.5, 0.6) is 0 Å². The normalized spacial score (nSPS) is 10.6. The van der Waals surface area contributed by atoms with E-state index >= 15 is 0 Å². The van der Waals surface area contributed by atoms with Gasteiger partial charge in [-0.2, -0.15) is 0 Å². The molecule has 2 aromatic rings. The van der Waals surface area contributed by atoms with E-state index in [2.05, 4.69) is 47.9 Å². The fourth-order valence-corrected chi connectivity index (χ4v) is 5.47. The third kappa shape index (κ3) is 7.35. The lowest BCUT2D eigenvalue weighted by molar-refractivity contribution is 0.449. The first-order valence-corrected chi connectivity index (χ1v) is 12.1. The number of benzene rings is 2. The van der Waals surface area contributed by atoms with Crippen molar-refractivity contribution in [3.8, 4) is 0 Å². The van der Waals surface area contributed by atoms with E-state index in [0.29, 0.717) is 6.54 Å². The average Bonchev–Trinajstić information content (AvgIpc) is 2.68. The molecule has 0 aliphatic rings. The van der Waals surface area contributed by atoms with E-state index in [-0.39, 0.29) is 5.82 Å². The molecule has 7 heteroatoms. The lowest BCUT2D eigenvalue weighted by atomic mass is 10.1. The molecule has 0 saturated carbocycles. The molecule has 0 unspecified atom stereocenters. The van der Waals surface area contributed by atoms with Gasteiger partial charge in [0.15, 0.2) is 0 Å². The highest BCUT2D eigenvalue weighted by Gasteiger charge is 2.15. The van der Waals surface area contributed by atoms with Crippen molar-refractivity contribution in [3.05, 3.63) is 71.0 Å². The summed E-state index contributed by atoms with van der Waals surface area (Å²) >= 11 is 11.2. The summed E-state index contributed by atoms with van der Waals surface area (Å²) in [4.78, 5) is 4.23. The quantitative estimate of drug-likeness (QED) is 0.365. The second kappa shape index (κ2) is 11.8. The fourth-order valence-electron chi connectivity index (χ4n) is 2.67. The van der Waals surface area contributed by atoms with Gasteiger partial charge in [0.1, 0.15) is 14.5 Å². The Morgan fingerprint density at radius 2 is 1.36 bits per heavy atom. The first kappa shape index (κ1) is 23.1. The zero-order valence-electron chi connectivity index (χ0n) is 16.4. The largest absolute Gasteiger partial charge is 0.353 e. The van der Waals surface area contributed by atoms with Crippen molar-refractivity contribution < 1.29 is 4.39 Å². The predicted molar refractivity (Wildman–Crippen MR) is 130 cm³/mol. The lowest BCUT2D eigenvalue weighted by Gasteiger charge is -2.25. The molecule has 2 rings (SSSR count). The number of halogens is 1. The van der Waals surface area contributed by atoms with Crippen LogP contribution in [0.1, 0.15) is 30.5 Å². The number of hydrogen-bond donors (Lipinski definition) is 0. The summed E-state index contributed by atoms with van der Waals surface area (Å²) in [5.74, 6) is -0.225. The molecular formula is C21H25FN2S4. The standard InChI is InChI=1S/C21H25FN2S4/c1-4-23(14-17-9-6-8-16(3)12-17)20(25)27-28-21(26)24(5-2)15-18-10-7-11-19(22)13-18/h6-13H,4-5,14-15H2,1-3H3. The second-order valence-corrected chi connectivity index (χ2v) is 9.74. The molecule has 0 radical (unpaired) electrons. The number of nitrogens with zero attached hydrogens (tertiary/aromatic N) is 2. The Morgan fingerprint density at radius 3 is 1.82 bits per heavy atom. The van der Waals surface area contributed by atoms with E-state index in [1.54, 1.807) is 12.1 Å². The van der Waals surface area contributed by atoms with Crippen LogP contribution in [0.15, 0.2) is 48.5 Å². The summed E-state index contributed by atoms with van der Waals surface area (Å²) in [5, 5.41) is 0. The van der Waals surface area contributed by atoms with E-state index in [1.165, 1.54) is 38.8 Å². The molecule has 0 aliphatic heterocycles. The molecule has 2 nitrogen and oxygen atoms in total. The number of thiocarbonyl (C=S) groups is 2. The predicted octanol–water partition coefficient (Wildman–Crippen LogP) is 6.43. The molecule has 0 N–H and O–H groups in total. The van der Waals surface area contributed by atoms with Gasteiger partial charge in [-0.3, -0.25) is 0 Å². The molecule has 28 heavy (non-hydrogen) atoms. The van der Waals surface area contributed by atoms with E-state index in [9.17, 15) is 4.39 Å². The van der Waals surface area contributed by atoms with Gasteiger partial charge in [0.05, 0.1) is 0 Å². The van der Waals surface area contributed by atoms with Crippen molar-refractivity contribution in [1.82, 2.24) is 9.80 Å². The van der Waals surface area contributed by atoms with E-state index in [4.69, 9.17) is 24.4 Å². The molecule has 0 fully saturated rings. The highest BCUT2D eigenvalue weighted by atomic mass is 33.1. The van der Waals surface area contributed by atoms with Crippen LogP contribution in [0, 0.1) is 12.7 Å². The highest BCUT2D eigenvalue weighted by molar-refractivity contribution is 8.89. The number of rotatable bonds is 6. The molecule has 0 amide bonds. The van der Waals surface area contributed by atoms with Gasteiger partial charge in [0.25, 0.3) is 0 Å². The zero-order chi connectivity index (χ0) is 20.5. The Bertz CT molecular complexity index is 745. The fraction of sp³-hybridized carbons (Fsp3) is 0.333. The Morgan fingerprint density at radius 1 is 0.857 bits per heavy atom. The van der Waals surface area contributed by atoms with E-state index in [1.807, 2.05) is 13.0 Å². The van der Waals surface area contributed by atoms with Crippen molar-refractivity contribution in [2.24, 2.45) is 0 Å². The number of hydrogen-bond acceptors (Lipinski definition) is 4. The molecule has 0 spiro atoms. The minimum atomic E-state index is -0.225. The van der Waals surface area contributed by atoms with Crippen LogP contribution in [0.2, 0.25) is 0 Å². The zero-order valence-corrected chi connectivity index (χ0v) is 19.6. The monoisotopic (exact) mass is 452 g/mol. The summed E-state index contributed by atoms with van der Waals surface area (Å²) in [6.07, 6.45) is 0. The minimum absolute atomic E-state index is 0.225. The van der Waals surface area contributed by atoms with Crippen LogP contribution in [-0.2, 0) is 13.1 Å². The Balaban J connectivity index is 1.90. The Labute approximate surface area is 186 Å². The van der Waals surface area contributed by atoms with Crippen molar-refractivity contribution in [2.45, 2.75) is 33.9 Å². The molecule has 0 saturated heterocycles. The topological polar surface area (TPSA) is 6.48 Å². The van der Waals surface area contributed by atoms with Crippen LogP contribution in [0.3, 0.4) is 0 Å². The van der Waals surface area contributed by atoms with Gasteiger partial charge >= 0.3 is 0 Å². The molecule has 2 aromatic carbocycles. The third-order valence-corrected chi connectivity index (χ3v) is 7.91. The molecule has 0 aromatic heterocycles. The Kier molecular flexibility index (Phi) is 9.71. The van der Waals surface area contributed by atoms with Gasteiger partial charge < -0.3 is 9.80 Å². The van der Waals surface area contributed by atoms with Crippen molar-refractivity contribution in [2.75, 3.05) is 13.1 Å². The van der Waals surface area contributed by atoms with E-state index < -0.39 is 0 Å². The molecule has 0 aliphatic carbocycles. The van der Waals surface area contributed by atoms with Gasteiger partial charge in [-0.1, -0.05) is 66.4 Å². The molecular weight excluding hydrogens is 428 g/mol. The molecule has 0 heterocycles. The molecule has 0 atom stereocenters. The number of aryl methyl sites for hydroxylation is 1. The first-order chi connectivity index (χ1) is 13.4. The molecule has 150 valence electrons. The van der Waals surface area contributed by atoms with Crippen LogP contribution in [-0.4, -0.2) is 31.5 Å². The van der Waals surface area contributed by atoms with Gasteiger partial charge in [-0.05, 0) is 65.6 Å². The minimum Gasteiger partial charge on any atom is -0.353 e. The smallest absolute Gasteiger partial charge is 0.147 e. The second-order valence-electron chi connectivity index (χ2n) is 6.35. The van der Waals surface area contributed by atoms with Crippen molar-refractivity contribution in [3.63, 3.8) is 0 Å². The lowest BCUT2D eigenvalue weighted by Crippen LogP contribution is -2.28. The first-order valence-electron chi connectivity index (χ1n) is 9.15. The summed E-state index contributed by atoms with van der Waals surface area (Å²) in [6.45, 7) is 9.23. The van der Waals surface area contributed by atoms with Crippen molar-refractivity contribution >= 4 is 54.7 Å². The van der Waals surface area contributed by atoms with Crippen LogP contribution < -0.4 is 0 Å². The average molecular weight is 453 g/mol. The van der Waals surface area contributed by atoms with Crippen LogP contribution in [0.4, 0.5) is 4.39 Å². The Hall–Kier alpha value is -1.15. The van der Waals surface area contributed by atoms with Crippen LogP contribution in [0.25, 0.3) is 0 Å². The maximum atomic E-state index is 13.4. The molecule has 0 bridgehead atoms. The van der Waals surface area contributed by atoms with Gasteiger partial charge in [-0.15, -0.1) is 0 Å². The van der Waals surface area contributed by atoms with Gasteiger partial charge in [0.2, 0.25) is 0 Å². The third-order valence-electron chi connectivity index (χ3n) is 4.18. The SMILES string of the molecule is CCN(Cc1cccc(C)c1)C(=S)SSC(=S)N(CC)Cc1cccc(F)c1. The summed E-state index contributed by atoms with van der Waals surface area (Å²) in [5.41, 5.74) is 3.41. The van der Waals surface area contributed by atoms with Gasteiger partial charge in [0, 0.05) is 26.2 Å². The van der Waals surface area contributed by atoms with E-state index in [0.717, 1.165) is 33.8 Å². The maximum Gasteiger partial charge on any atom is 0.147 e. The summed E-state index contributed by atoms with van der Waals surface area (Å²) < 4.78 is 15.0. The van der Waals surface area contributed by atoms with Crippen molar-refractivity contribution in [1.29, 1.82) is 0 Å². The maximum absolute atomic E-state index is 13.4. The summed E-state index contributed by atoms with van der Waals surface area (Å²) in [7, 11) is 3.01. The summed E-state index contributed by atoms with van der Waals surface area (Å²) in [6, 6.07) is 15.1. The highest BCUT2D eigenvalue weighted by Crippen LogP contribution is 2.29. The van der Waals surface area contributed by atoms with Crippen LogP contribution >= 0.6 is 46.0 Å².